The van der Waals surface area contributed by atoms with Gasteiger partial charge in [-0.3, -0.25) is 19.7 Å². The minimum atomic E-state index is -0.731. The van der Waals surface area contributed by atoms with Gasteiger partial charge in [-0.15, -0.1) is 0 Å². The summed E-state index contributed by atoms with van der Waals surface area (Å²) in [7, 11) is 0. The van der Waals surface area contributed by atoms with Gasteiger partial charge in [-0.25, -0.2) is 0 Å². The largest absolute Gasteiger partial charge is 0.395 e. The van der Waals surface area contributed by atoms with Gasteiger partial charge in [0.1, 0.15) is 0 Å². The zero-order valence-corrected chi connectivity index (χ0v) is 8.89. The fraction of sp³-hybridized carbons (Fsp3) is 0.0909. The van der Waals surface area contributed by atoms with Crippen molar-refractivity contribution < 1.29 is 4.92 Å². The van der Waals surface area contributed by atoms with E-state index in [1.54, 1.807) is 0 Å². The maximum absolute atomic E-state index is 11.3. The molecule has 0 saturated carbocycles. The highest BCUT2D eigenvalue weighted by Gasteiger charge is 2.23. The van der Waals surface area contributed by atoms with Crippen LogP contribution in [0.3, 0.4) is 0 Å². The Morgan fingerprint density at radius 2 is 1.88 bits per heavy atom. The van der Waals surface area contributed by atoms with Gasteiger partial charge in [-0.1, -0.05) is 12.1 Å². The Kier molecular flexibility index (Phi) is 2.27. The highest BCUT2D eigenvalue weighted by Crippen LogP contribution is 2.30. The van der Waals surface area contributed by atoms with Crippen molar-refractivity contribution in [3.63, 3.8) is 0 Å². The molecule has 2 aromatic carbocycles. The Bertz CT molecular complexity index is 696. The molecule has 0 spiro atoms. The summed E-state index contributed by atoms with van der Waals surface area (Å²) in [5.74, 6) is 0. The minimum absolute atomic E-state index is 0.0798. The van der Waals surface area contributed by atoms with Gasteiger partial charge in [0, 0.05) is 11.6 Å². The maximum atomic E-state index is 11.3. The van der Waals surface area contributed by atoms with Crippen molar-refractivity contribution in [1.29, 1.82) is 0 Å². The van der Waals surface area contributed by atoms with Crippen molar-refractivity contribution in [2.75, 3.05) is 5.73 Å². The summed E-state index contributed by atoms with van der Waals surface area (Å²) in [6, 6.07) is 4.33. The Labute approximate surface area is 95.1 Å². The molecule has 0 bridgehead atoms. The summed E-state index contributed by atoms with van der Waals surface area (Å²) < 4.78 is 0. The smallest absolute Gasteiger partial charge is 0.272 e. The van der Waals surface area contributed by atoms with Crippen LogP contribution in [-0.4, -0.2) is 4.92 Å². The zero-order valence-electron chi connectivity index (χ0n) is 8.89. The lowest BCUT2D eigenvalue weighted by molar-refractivity contribution is -0.385. The predicted molar refractivity (Wildman–Crippen MR) is 62.6 cm³/mol. The molecular formula is C11H8N2O4. The molecule has 17 heavy (non-hydrogen) atoms. The summed E-state index contributed by atoms with van der Waals surface area (Å²) in [5, 5.41) is 10.7. The average Bonchev–Trinajstić information content (AvgIpc) is 2.30. The minimum Gasteiger partial charge on any atom is -0.395 e. The third-order valence-corrected chi connectivity index (χ3v) is 2.72. The topological polar surface area (TPSA) is 103 Å². The molecule has 2 rings (SSSR count). The van der Waals surface area contributed by atoms with E-state index in [4.69, 9.17) is 5.73 Å². The van der Waals surface area contributed by atoms with E-state index in [0.717, 1.165) is 0 Å². The van der Waals surface area contributed by atoms with Gasteiger partial charge in [0.15, 0.2) is 0 Å². The fourth-order valence-corrected chi connectivity index (χ4v) is 1.77. The average molecular weight is 232 g/mol. The van der Waals surface area contributed by atoms with Gasteiger partial charge in [0.2, 0.25) is 10.9 Å². The lowest BCUT2D eigenvalue weighted by Gasteiger charge is -2.09. The van der Waals surface area contributed by atoms with Crippen LogP contribution in [0.5, 0.6) is 0 Å². The van der Waals surface area contributed by atoms with Crippen molar-refractivity contribution in [2.24, 2.45) is 0 Å². The third-order valence-electron chi connectivity index (χ3n) is 2.72. The van der Waals surface area contributed by atoms with Crippen molar-refractivity contribution in [1.82, 2.24) is 0 Å². The van der Waals surface area contributed by atoms with Crippen molar-refractivity contribution in [2.45, 2.75) is 6.92 Å². The molecule has 0 atom stereocenters. The van der Waals surface area contributed by atoms with Crippen LogP contribution in [-0.2, 0) is 0 Å². The highest BCUT2D eigenvalue weighted by molar-refractivity contribution is 5.83. The number of nitrogen functional groups attached to an aromatic ring is 1. The molecule has 0 aliphatic carbocycles. The summed E-state index contributed by atoms with van der Waals surface area (Å²) in [5.41, 5.74) is 4.53. The predicted octanol–water partition coefficient (Wildman–Crippen LogP) is 0.748. The summed E-state index contributed by atoms with van der Waals surface area (Å²) in [6.45, 7) is 1.52. The van der Waals surface area contributed by atoms with Crippen LogP contribution in [0.4, 0.5) is 11.4 Å². The van der Waals surface area contributed by atoms with E-state index in [0.29, 0.717) is 11.1 Å². The number of hydrogen-bond acceptors (Lipinski definition) is 5. The molecule has 0 aromatic heterocycles. The van der Waals surface area contributed by atoms with Gasteiger partial charge >= 0.3 is 0 Å². The summed E-state index contributed by atoms with van der Waals surface area (Å²) >= 11 is 0. The van der Waals surface area contributed by atoms with Gasteiger partial charge in [0.05, 0.1) is 16.2 Å². The number of nitro benzene ring substituents is 1. The molecule has 0 fully saturated rings. The Morgan fingerprint density at radius 1 is 1.24 bits per heavy atom. The molecular weight excluding hydrogens is 224 g/mol. The van der Waals surface area contributed by atoms with E-state index in [1.807, 2.05) is 0 Å². The number of hydrogen-bond donors (Lipinski definition) is 1. The quantitative estimate of drug-likeness (QED) is 0.467. The first-order valence-electron chi connectivity index (χ1n) is 4.78. The van der Waals surface area contributed by atoms with E-state index in [9.17, 15) is 19.7 Å². The monoisotopic (exact) mass is 232 g/mol. The molecule has 0 aliphatic heterocycles. The number of benzene rings is 1. The second-order valence-corrected chi connectivity index (χ2v) is 3.65. The van der Waals surface area contributed by atoms with Crippen LogP contribution < -0.4 is 16.6 Å². The normalized spacial score (nSPS) is 10.6. The highest BCUT2D eigenvalue weighted by atomic mass is 16.6. The molecule has 0 saturated heterocycles. The molecule has 2 aromatic rings. The third kappa shape index (κ3) is 1.42. The first-order chi connectivity index (χ1) is 7.95. The van der Waals surface area contributed by atoms with E-state index in [2.05, 4.69) is 0 Å². The van der Waals surface area contributed by atoms with Gasteiger partial charge in [-0.05, 0) is 12.5 Å². The Hall–Kier alpha value is -2.50. The van der Waals surface area contributed by atoms with Gasteiger partial charge in [0.25, 0.3) is 5.69 Å². The van der Waals surface area contributed by atoms with Crippen molar-refractivity contribution in [3.8, 4) is 11.1 Å². The SMILES string of the molecule is Cc1c(-c2c(N)c(=O)c2=O)cccc1[N+](=O)[O-]. The molecule has 2 N–H and O–H groups in total. The van der Waals surface area contributed by atoms with Crippen LogP contribution in [0, 0.1) is 17.0 Å². The van der Waals surface area contributed by atoms with Crippen LogP contribution in [0.2, 0.25) is 0 Å². The Balaban J connectivity index is 2.71. The van der Waals surface area contributed by atoms with Gasteiger partial charge < -0.3 is 5.73 Å². The van der Waals surface area contributed by atoms with Crippen LogP contribution in [0.25, 0.3) is 11.1 Å². The molecule has 0 heterocycles. The first-order valence-corrected chi connectivity index (χ1v) is 4.78. The second kappa shape index (κ2) is 3.51. The van der Waals surface area contributed by atoms with E-state index < -0.39 is 15.8 Å². The lowest BCUT2D eigenvalue weighted by Crippen LogP contribution is -2.36. The van der Waals surface area contributed by atoms with Gasteiger partial charge in [-0.2, -0.15) is 0 Å². The summed E-state index contributed by atoms with van der Waals surface area (Å²) in [6.07, 6.45) is 0. The van der Waals surface area contributed by atoms with Crippen LogP contribution in [0.1, 0.15) is 5.56 Å². The molecule has 86 valence electrons. The maximum Gasteiger partial charge on any atom is 0.272 e. The number of rotatable bonds is 2. The Morgan fingerprint density at radius 3 is 2.41 bits per heavy atom. The molecule has 0 unspecified atom stereocenters. The van der Waals surface area contributed by atoms with Crippen molar-refractivity contribution >= 4 is 11.4 Å². The number of anilines is 1. The number of nitro groups is 1. The van der Waals surface area contributed by atoms with E-state index in [1.165, 1.54) is 25.1 Å². The van der Waals surface area contributed by atoms with Crippen LogP contribution >= 0.6 is 0 Å². The summed E-state index contributed by atoms with van der Waals surface area (Å²) in [4.78, 5) is 32.6. The lowest BCUT2D eigenvalue weighted by atomic mass is 9.94. The molecule has 0 aliphatic rings. The standard InChI is InChI=1S/C11H8N2O4/c1-5-6(3-2-4-7(5)13(16)17)8-9(12)11(15)10(8)14/h2-4H,12H2,1H3. The molecule has 6 heteroatoms. The second-order valence-electron chi connectivity index (χ2n) is 3.65. The van der Waals surface area contributed by atoms with E-state index in [-0.39, 0.29) is 16.9 Å². The molecule has 6 nitrogen and oxygen atoms in total. The first kappa shape index (κ1) is 11.0. The number of nitrogens with zero attached hydrogens (tertiary/aromatic N) is 1. The van der Waals surface area contributed by atoms with Crippen molar-refractivity contribution in [3.05, 3.63) is 54.3 Å². The zero-order chi connectivity index (χ0) is 12.7. The number of nitrogens with two attached hydrogens (primary N) is 1. The fourth-order valence-electron chi connectivity index (χ4n) is 1.77. The molecule has 0 radical (unpaired) electrons. The van der Waals surface area contributed by atoms with Crippen LogP contribution in [0.15, 0.2) is 27.8 Å². The van der Waals surface area contributed by atoms with E-state index >= 15 is 0 Å². The molecule has 0 amide bonds.